The molecule has 0 atom stereocenters. The number of H-pyrrole nitrogens is 1. The van der Waals surface area contributed by atoms with E-state index in [1.807, 2.05) is 0 Å². The normalized spacial score (nSPS) is 16.7. The topological polar surface area (TPSA) is 66.1 Å². The van der Waals surface area contributed by atoms with Gasteiger partial charge in [-0.25, -0.2) is 4.98 Å². The Morgan fingerprint density at radius 3 is 2.93 bits per heavy atom. The van der Waals surface area contributed by atoms with E-state index in [-0.39, 0.29) is 24.7 Å². The van der Waals surface area contributed by atoms with Gasteiger partial charge in [0, 0.05) is 25.4 Å². The Labute approximate surface area is 81.1 Å². The van der Waals surface area contributed by atoms with Gasteiger partial charge in [-0.3, -0.25) is 9.59 Å². The number of nitrogens with one attached hydrogen (secondary N) is 1. The summed E-state index contributed by atoms with van der Waals surface area (Å²) in [6.07, 6.45) is 4.16. The second kappa shape index (κ2) is 3.61. The molecule has 74 valence electrons. The molecule has 1 fully saturated rings. The summed E-state index contributed by atoms with van der Waals surface area (Å²) in [5.74, 6) is 0.785. The van der Waals surface area contributed by atoms with E-state index in [1.165, 1.54) is 0 Å². The predicted octanol–water partition coefficient (Wildman–Crippen LogP) is -0.246. The van der Waals surface area contributed by atoms with Crippen molar-refractivity contribution in [3.05, 3.63) is 18.2 Å². The highest BCUT2D eigenvalue weighted by molar-refractivity contribution is 6.05. The van der Waals surface area contributed by atoms with Crippen LogP contribution in [0, 0.1) is 0 Å². The largest absolute Gasteiger partial charge is 0.349 e. The molecule has 5 nitrogen and oxygen atoms in total. The average molecular weight is 193 g/mol. The summed E-state index contributed by atoms with van der Waals surface area (Å²) in [6, 6.07) is 0. The van der Waals surface area contributed by atoms with Gasteiger partial charge in [0.1, 0.15) is 5.82 Å². The van der Waals surface area contributed by atoms with Crippen molar-refractivity contribution in [3.8, 4) is 0 Å². The van der Waals surface area contributed by atoms with Crippen LogP contribution in [-0.2, 0) is 16.0 Å². The minimum atomic E-state index is -0.0680. The van der Waals surface area contributed by atoms with Crippen LogP contribution in [0.3, 0.4) is 0 Å². The third-order valence-electron chi connectivity index (χ3n) is 2.24. The zero-order chi connectivity index (χ0) is 9.97. The molecule has 0 aliphatic carbocycles. The molecule has 1 aromatic rings. The molecule has 1 aliphatic heterocycles. The Hall–Kier alpha value is -1.65. The Bertz CT molecular complexity index is 345. The number of amides is 1. The fraction of sp³-hybridized carbons (Fsp3) is 0.444. The van der Waals surface area contributed by atoms with E-state index in [2.05, 4.69) is 9.97 Å². The molecule has 2 heterocycles. The van der Waals surface area contributed by atoms with Crippen LogP contribution >= 0.6 is 0 Å². The first kappa shape index (κ1) is 8.93. The highest BCUT2D eigenvalue weighted by atomic mass is 16.2. The lowest BCUT2D eigenvalue weighted by molar-refractivity contribution is -0.127. The summed E-state index contributed by atoms with van der Waals surface area (Å²) in [5.41, 5.74) is 0. The number of hydrogen-bond acceptors (Lipinski definition) is 3. The van der Waals surface area contributed by atoms with E-state index in [1.54, 1.807) is 17.3 Å². The van der Waals surface area contributed by atoms with Gasteiger partial charge in [0.25, 0.3) is 0 Å². The number of aromatic nitrogens is 2. The summed E-state index contributed by atoms with van der Waals surface area (Å²) >= 11 is 0. The van der Waals surface area contributed by atoms with Crippen molar-refractivity contribution < 1.29 is 9.59 Å². The van der Waals surface area contributed by atoms with Crippen LogP contribution in [0.1, 0.15) is 12.2 Å². The van der Waals surface area contributed by atoms with Crippen molar-refractivity contribution in [2.45, 2.75) is 12.8 Å². The average Bonchev–Trinajstić information content (AvgIpc) is 2.72. The lowest BCUT2D eigenvalue weighted by Gasteiger charge is -2.12. The number of hydrogen-bond donors (Lipinski definition) is 1. The third-order valence-corrected chi connectivity index (χ3v) is 2.24. The van der Waals surface area contributed by atoms with E-state index < -0.39 is 0 Å². The Morgan fingerprint density at radius 1 is 1.50 bits per heavy atom. The summed E-state index contributed by atoms with van der Waals surface area (Å²) in [5, 5.41) is 0. The number of aromatic amines is 1. The molecule has 0 unspecified atom stereocenters. The van der Waals surface area contributed by atoms with Crippen molar-refractivity contribution >= 4 is 11.7 Å². The van der Waals surface area contributed by atoms with E-state index in [4.69, 9.17) is 0 Å². The number of imidazole rings is 1. The molecule has 0 spiro atoms. The highest BCUT2D eigenvalue weighted by Crippen LogP contribution is 2.06. The molecular formula is C9H11N3O2. The maximum absolute atomic E-state index is 11.2. The monoisotopic (exact) mass is 193 g/mol. The van der Waals surface area contributed by atoms with Crippen LogP contribution in [-0.4, -0.2) is 39.6 Å². The van der Waals surface area contributed by atoms with Crippen LogP contribution in [0.15, 0.2) is 12.4 Å². The number of ketones is 1. The molecular weight excluding hydrogens is 182 g/mol. The SMILES string of the molecule is O=C1CC(=O)N(CCc2ncc[nH]2)C1. The van der Waals surface area contributed by atoms with Gasteiger partial charge < -0.3 is 9.88 Å². The van der Waals surface area contributed by atoms with Crippen molar-refractivity contribution in [1.29, 1.82) is 0 Å². The first-order chi connectivity index (χ1) is 6.75. The lowest BCUT2D eigenvalue weighted by atomic mass is 10.3. The van der Waals surface area contributed by atoms with Crippen molar-refractivity contribution in [2.24, 2.45) is 0 Å². The van der Waals surface area contributed by atoms with Gasteiger partial charge in [0.05, 0.1) is 13.0 Å². The van der Waals surface area contributed by atoms with Gasteiger partial charge in [-0.1, -0.05) is 0 Å². The van der Waals surface area contributed by atoms with E-state index in [0.717, 1.165) is 5.82 Å². The summed E-state index contributed by atoms with van der Waals surface area (Å²) in [4.78, 5) is 30.7. The maximum Gasteiger partial charge on any atom is 0.230 e. The molecule has 1 saturated heterocycles. The van der Waals surface area contributed by atoms with Crippen molar-refractivity contribution in [3.63, 3.8) is 0 Å². The van der Waals surface area contributed by atoms with Gasteiger partial charge in [0.2, 0.25) is 5.91 Å². The standard InChI is InChI=1S/C9H11N3O2/c13-7-5-9(14)12(6-7)4-1-8-10-2-3-11-8/h2-3H,1,4-6H2,(H,10,11). The van der Waals surface area contributed by atoms with Gasteiger partial charge in [-0.2, -0.15) is 0 Å². The van der Waals surface area contributed by atoms with E-state index >= 15 is 0 Å². The predicted molar refractivity (Wildman–Crippen MR) is 48.5 cm³/mol. The zero-order valence-corrected chi connectivity index (χ0v) is 7.69. The quantitative estimate of drug-likeness (QED) is 0.673. The molecule has 1 aliphatic rings. The molecule has 2 rings (SSSR count). The lowest BCUT2D eigenvalue weighted by Crippen LogP contribution is -2.27. The van der Waals surface area contributed by atoms with Gasteiger partial charge in [-0.15, -0.1) is 0 Å². The minimum absolute atomic E-state index is 0.00875. The van der Waals surface area contributed by atoms with Crippen LogP contribution in [0.25, 0.3) is 0 Å². The molecule has 0 aromatic carbocycles. The fourth-order valence-corrected chi connectivity index (χ4v) is 1.52. The smallest absolute Gasteiger partial charge is 0.230 e. The molecule has 1 N–H and O–H groups in total. The van der Waals surface area contributed by atoms with E-state index in [9.17, 15) is 9.59 Å². The summed E-state index contributed by atoms with van der Waals surface area (Å²) < 4.78 is 0. The van der Waals surface area contributed by atoms with Crippen molar-refractivity contribution in [2.75, 3.05) is 13.1 Å². The summed E-state index contributed by atoms with van der Waals surface area (Å²) in [6.45, 7) is 0.831. The van der Waals surface area contributed by atoms with Crippen LogP contribution < -0.4 is 0 Å². The second-order valence-electron chi connectivity index (χ2n) is 3.32. The fourth-order valence-electron chi connectivity index (χ4n) is 1.52. The number of Topliss-reactive ketones (excluding diaryl/α,β-unsaturated/α-hetero) is 1. The Balaban J connectivity index is 1.87. The first-order valence-corrected chi connectivity index (χ1v) is 4.53. The number of carbonyl (C=O) groups is 2. The second-order valence-corrected chi connectivity index (χ2v) is 3.32. The maximum atomic E-state index is 11.2. The number of carbonyl (C=O) groups excluding carboxylic acids is 2. The number of nitrogens with zero attached hydrogens (tertiary/aromatic N) is 2. The van der Waals surface area contributed by atoms with E-state index in [0.29, 0.717) is 13.0 Å². The van der Waals surface area contributed by atoms with Gasteiger partial charge in [-0.05, 0) is 0 Å². The van der Waals surface area contributed by atoms with Crippen LogP contribution in [0.4, 0.5) is 0 Å². The van der Waals surface area contributed by atoms with Gasteiger partial charge >= 0.3 is 0 Å². The van der Waals surface area contributed by atoms with Crippen LogP contribution in [0.5, 0.6) is 0 Å². The number of rotatable bonds is 3. The summed E-state index contributed by atoms with van der Waals surface area (Å²) in [7, 11) is 0. The third kappa shape index (κ3) is 1.81. The molecule has 1 amide bonds. The molecule has 0 radical (unpaired) electrons. The number of likely N-dealkylation sites (tertiary alicyclic amines) is 1. The van der Waals surface area contributed by atoms with Crippen molar-refractivity contribution in [1.82, 2.24) is 14.9 Å². The minimum Gasteiger partial charge on any atom is -0.349 e. The zero-order valence-electron chi connectivity index (χ0n) is 7.69. The van der Waals surface area contributed by atoms with Crippen LogP contribution in [0.2, 0.25) is 0 Å². The van der Waals surface area contributed by atoms with Gasteiger partial charge in [0.15, 0.2) is 5.78 Å². The molecule has 0 saturated carbocycles. The molecule has 5 heteroatoms. The first-order valence-electron chi connectivity index (χ1n) is 4.53. The highest BCUT2D eigenvalue weighted by Gasteiger charge is 2.26. The molecule has 14 heavy (non-hydrogen) atoms. The molecule has 1 aromatic heterocycles. The molecule has 0 bridgehead atoms. The Morgan fingerprint density at radius 2 is 2.36 bits per heavy atom. The Kier molecular flexibility index (Phi) is 2.30.